The molecule has 1 saturated heterocycles. The summed E-state index contributed by atoms with van der Waals surface area (Å²) in [6, 6.07) is 1.09. The second kappa shape index (κ2) is 12.5. The quantitative estimate of drug-likeness (QED) is 0.647. The lowest BCUT2D eigenvalue weighted by atomic mass is 10.1. The van der Waals surface area contributed by atoms with Crippen LogP contribution in [-0.2, 0) is 13.6 Å². The summed E-state index contributed by atoms with van der Waals surface area (Å²) < 4.78 is 18.5. The Bertz CT molecular complexity index is 249. The molecule has 0 aliphatic carbocycles. The number of ether oxygens (including phenoxy) is 1. The van der Waals surface area contributed by atoms with Crippen LogP contribution in [0, 0.1) is 0 Å². The Labute approximate surface area is 139 Å². The van der Waals surface area contributed by atoms with Gasteiger partial charge in [-0.15, -0.1) is 0 Å². The third-order valence-corrected chi connectivity index (χ3v) is 8.94. The second-order valence-corrected chi connectivity index (χ2v) is 9.20. The van der Waals surface area contributed by atoms with E-state index in [0.29, 0.717) is 0 Å². The third kappa shape index (κ3) is 5.93. The maximum absolute atomic E-state index is 6.16. The normalized spacial score (nSPS) is 23.7. The molecular weight excluding hydrogens is 294 g/mol. The molecule has 0 aromatic heterocycles. The fourth-order valence-corrected chi connectivity index (χ4v) is 7.82. The predicted octanol–water partition coefficient (Wildman–Crippen LogP) is 4.03. The van der Waals surface area contributed by atoms with Gasteiger partial charge in [-0.25, -0.2) is 0 Å². The van der Waals surface area contributed by atoms with Gasteiger partial charge in [-0.3, -0.25) is 0 Å². The number of nitrogens with one attached hydrogen (secondary N) is 1. The first-order chi connectivity index (χ1) is 10.6. The first-order valence-corrected chi connectivity index (χ1v) is 11.2. The molecular formula is C17H39NO3Si. The smallest absolute Gasteiger partial charge is 0.371 e. The van der Waals surface area contributed by atoms with Crippen molar-refractivity contribution in [3.05, 3.63) is 0 Å². The molecule has 0 aromatic rings. The first kappa shape index (κ1) is 22.1. The molecule has 1 aliphatic heterocycles. The zero-order valence-electron chi connectivity index (χ0n) is 15.8. The van der Waals surface area contributed by atoms with E-state index in [1.54, 1.807) is 0 Å². The maximum Gasteiger partial charge on any atom is 0.371 e. The van der Waals surface area contributed by atoms with E-state index in [2.05, 4.69) is 39.9 Å². The summed E-state index contributed by atoms with van der Waals surface area (Å²) in [6.45, 7) is 13.9. The molecule has 1 unspecified atom stereocenters. The first-order valence-electron chi connectivity index (χ1n) is 9.18. The van der Waals surface area contributed by atoms with Crippen molar-refractivity contribution in [2.75, 3.05) is 33.4 Å². The highest BCUT2D eigenvalue weighted by molar-refractivity contribution is 6.70. The van der Waals surface area contributed by atoms with Crippen molar-refractivity contribution in [1.29, 1.82) is 0 Å². The van der Waals surface area contributed by atoms with E-state index in [-0.39, 0.29) is 5.22 Å². The summed E-state index contributed by atoms with van der Waals surface area (Å²) in [5.41, 5.74) is 0. The topological polar surface area (TPSA) is 39.7 Å². The fourth-order valence-electron chi connectivity index (χ4n) is 3.36. The zero-order chi connectivity index (χ0) is 16.9. The molecule has 0 spiro atoms. The molecule has 1 N–H and O–H groups in total. The molecule has 1 aliphatic rings. The van der Waals surface area contributed by atoms with Crippen molar-refractivity contribution in [1.82, 2.24) is 5.32 Å². The van der Waals surface area contributed by atoms with Crippen LogP contribution in [0.15, 0.2) is 0 Å². The average molecular weight is 334 g/mol. The van der Waals surface area contributed by atoms with Gasteiger partial charge in [0.15, 0.2) is 0 Å². The lowest BCUT2D eigenvalue weighted by Crippen LogP contribution is -2.65. The van der Waals surface area contributed by atoms with Crippen LogP contribution in [-0.4, -0.2) is 47.2 Å². The highest BCUT2D eigenvalue weighted by Gasteiger charge is 2.58. The molecule has 1 heterocycles. The largest absolute Gasteiger partial charge is 0.393 e. The minimum absolute atomic E-state index is 0.119. The van der Waals surface area contributed by atoms with E-state index in [0.717, 1.165) is 45.3 Å². The molecule has 134 valence electrons. The summed E-state index contributed by atoms with van der Waals surface area (Å²) in [7, 11) is -0.244. The van der Waals surface area contributed by atoms with E-state index in [1.165, 1.54) is 19.3 Å². The van der Waals surface area contributed by atoms with Gasteiger partial charge in [-0.1, -0.05) is 26.7 Å². The Kier molecular flexibility index (Phi) is 12.5. The molecule has 5 heteroatoms. The number of hydrogen-bond acceptors (Lipinski definition) is 4. The van der Waals surface area contributed by atoms with Crippen molar-refractivity contribution >= 4 is 8.56 Å². The summed E-state index contributed by atoms with van der Waals surface area (Å²) in [5.74, 6) is 0. The molecule has 0 saturated carbocycles. The molecule has 1 fully saturated rings. The summed E-state index contributed by atoms with van der Waals surface area (Å²) >= 11 is 0. The SMILES string of the molecule is CCCNC.CCOC1(CC)CCCC[Si]1(OCC)OCC. The van der Waals surface area contributed by atoms with Crippen LogP contribution < -0.4 is 5.32 Å². The van der Waals surface area contributed by atoms with Gasteiger partial charge in [-0.05, 0) is 59.7 Å². The van der Waals surface area contributed by atoms with Crippen LogP contribution in [0.3, 0.4) is 0 Å². The third-order valence-electron chi connectivity index (χ3n) is 4.28. The Balaban J connectivity index is 0.000000763. The molecule has 0 aromatic carbocycles. The standard InChI is InChI=1S/C13H28O3Si.C4H11N/c1-5-13(14-6-2)11-9-10-12-17(13,15-7-3)16-8-4;1-3-4-5-2/h5-12H2,1-4H3;5H,3-4H2,1-2H3. The van der Waals surface area contributed by atoms with Crippen molar-refractivity contribution in [3.8, 4) is 0 Å². The Hall–Kier alpha value is 0.0569. The van der Waals surface area contributed by atoms with Gasteiger partial charge in [0.1, 0.15) is 5.22 Å². The molecule has 22 heavy (non-hydrogen) atoms. The fraction of sp³-hybridized carbons (Fsp3) is 1.00. The minimum Gasteiger partial charge on any atom is -0.393 e. The monoisotopic (exact) mass is 333 g/mol. The van der Waals surface area contributed by atoms with Gasteiger partial charge < -0.3 is 18.9 Å². The Morgan fingerprint density at radius 1 is 0.955 bits per heavy atom. The van der Waals surface area contributed by atoms with Gasteiger partial charge in [0.25, 0.3) is 0 Å². The van der Waals surface area contributed by atoms with Gasteiger partial charge in [0.2, 0.25) is 0 Å². The average Bonchev–Trinajstić information content (AvgIpc) is 2.52. The number of rotatable bonds is 9. The molecule has 1 rings (SSSR count). The summed E-state index contributed by atoms with van der Waals surface area (Å²) in [5, 5.41) is 2.90. The molecule has 0 radical (unpaired) electrons. The maximum atomic E-state index is 6.16. The van der Waals surface area contributed by atoms with Crippen molar-refractivity contribution in [3.63, 3.8) is 0 Å². The van der Waals surface area contributed by atoms with E-state index in [4.69, 9.17) is 13.6 Å². The summed E-state index contributed by atoms with van der Waals surface area (Å²) in [6.07, 6.45) is 5.80. The highest BCUT2D eigenvalue weighted by Crippen LogP contribution is 2.42. The molecule has 0 amide bonds. The van der Waals surface area contributed by atoms with Gasteiger partial charge in [0.05, 0.1) is 0 Å². The zero-order valence-corrected chi connectivity index (χ0v) is 16.8. The molecule has 0 bridgehead atoms. The van der Waals surface area contributed by atoms with Crippen LogP contribution in [0.1, 0.15) is 66.7 Å². The molecule has 1 atom stereocenters. The van der Waals surface area contributed by atoms with E-state index < -0.39 is 8.56 Å². The second-order valence-electron chi connectivity index (χ2n) is 5.71. The number of hydrogen-bond donors (Lipinski definition) is 1. The van der Waals surface area contributed by atoms with Gasteiger partial charge in [0, 0.05) is 19.8 Å². The molecule has 4 nitrogen and oxygen atoms in total. The van der Waals surface area contributed by atoms with Crippen LogP contribution >= 0.6 is 0 Å². The van der Waals surface area contributed by atoms with Gasteiger partial charge in [-0.2, -0.15) is 0 Å². The van der Waals surface area contributed by atoms with Gasteiger partial charge >= 0.3 is 8.56 Å². The lowest BCUT2D eigenvalue weighted by Gasteiger charge is -2.49. The lowest BCUT2D eigenvalue weighted by molar-refractivity contribution is -0.0426. The minimum atomic E-state index is -2.21. The predicted molar refractivity (Wildman–Crippen MR) is 96.5 cm³/mol. The van der Waals surface area contributed by atoms with Crippen LogP contribution in [0.4, 0.5) is 0 Å². The van der Waals surface area contributed by atoms with E-state index in [9.17, 15) is 0 Å². The Morgan fingerprint density at radius 3 is 1.95 bits per heavy atom. The van der Waals surface area contributed by atoms with E-state index in [1.807, 2.05) is 7.05 Å². The van der Waals surface area contributed by atoms with Crippen molar-refractivity contribution in [2.45, 2.75) is 78.0 Å². The highest BCUT2D eigenvalue weighted by atomic mass is 28.4. The Morgan fingerprint density at radius 2 is 1.59 bits per heavy atom. The van der Waals surface area contributed by atoms with Crippen LogP contribution in [0.25, 0.3) is 0 Å². The van der Waals surface area contributed by atoms with E-state index >= 15 is 0 Å². The van der Waals surface area contributed by atoms with Crippen molar-refractivity contribution in [2.24, 2.45) is 0 Å². The van der Waals surface area contributed by atoms with Crippen LogP contribution in [0.2, 0.25) is 6.04 Å². The van der Waals surface area contributed by atoms with Crippen molar-refractivity contribution < 1.29 is 13.6 Å². The summed E-state index contributed by atoms with van der Waals surface area (Å²) in [4.78, 5) is 0. The van der Waals surface area contributed by atoms with Crippen LogP contribution in [0.5, 0.6) is 0 Å².